The van der Waals surface area contributed by atoms with Crippen LogP contribution in [0.15, 0.2) is 23.8 Å². The lowest BCUT2D eigenvalue weighted by Gasteiger charge is -2.04. The molecule has 11 nitrogen and oxygen atoms in total. The fraction of sp³-hybridized carbons (Fsp3) is 0.250. The van der Waals surface area contributed by atoms with Gasteiger partial charge < -0.3 is 21.3 Å². The van der Waals surface area contributed by atoms with Crippen LogP contribution < -0.4 is 11.1 Å². The highest BCUT2D eigenvalue weighted by molar-refractivity contribution is 7.13. The monoisotopic (exact) mass is 516 g/mol. The first-order valence-electron chi connectivity index (χ1n) is 8.42. The molecule has 0 fully saturated rings. The molecule has 0 aliphatic heterocycles. The number of thiazole rings is 1. The third kappa shape index (κ3) is 8.52. The standard InChI is InChI=1S/C12H12N6OS.2C2HF3O2/c1-7-9(18-4-2-3-14-12(18)16-7)10(19)15-5-8-6-20-11(13)17-8;2*3-2(4,5)1(6)7/h2-4,6H,5H2,1H3,(H2,13,17)(H,15,19);2*(H,6,7). The number of fused-ring (bicyclic) bond motifs is 1. The van der Waals surface area contributed by atoms with Crippen LogP contribution in [0, 0.1) is 6.92 Å². The lowest BCUT2D eigenvalue weighted by Crippen LogP contribution is -2.25. The van der Waals surface area contributed by atoms with Crippen LogP contribution in [0.25, 0.3) is 5.78 Å². The summed E-state index contributed by atoms with van der Waals surface area (Å²) >= 11 is 1.35. The van der Waals surface area contributed by atoms with Crippen molar-refractivity contribution in [2.24, 2.45) is 0 Å². The van der Waals surface area contributed by atoms with Gasteiger partial charge in [-0.25, -0.2) is 24.5 Å². The molecule has 0 spiro atoms. The Balaban J connectivity index is 0.000000343. The summed E-state index contributed by atoms with van der Waals surface area (Å²) in [7, 11) is 0. The number of nitrogens with two attached hydrogens (primary N) is 1. The first-order valence-corrected chi connectivity index (χ1v) is 9.30. The molecule has 3 heterocycles. The Kier molecular flexibility index (Phi) is 9.29. The summed E-state index contributed by atoms with van der Waals surface area (Å²) in [5.74, 6) is -5.22. The molecule has 3 aromatic heterocycles. The number of aryl methyl sites for hydroxylation is 1. The summed E-state index contributed by atoms with van der Waals surface area (Å²) in [6.45, 7) is 2.11. The van der Waals surface area contributed by atoms with Gasteiger partial charge in [-0.15, -0.1) is 11.3 Å². The van der Waals surface area contributed by atoms with Crippen molar-refractivity contribution in [3.05, 3.63) is 40.9 Å². The smallest absolute Gasteiger partial charge is 0.475 e. The highest BCUT2D eigenvalue weighted by Gasteiger charge is 2.38. The number of nitrogens with one attached hydrogen (secondary N) is 1. The number of rotatable bonds is 3. The van der Waals surface area contributed by atoms with E-state index in [1.807, 2.05) is 5.38 Å². The molecular formula is C16H14F6N6O5S. The van der Waals surface area contributed by atoms with Gasteiger partial charge in [0.2, 0.25) is 5.78 Å². The third-order valence-electron chi connectivity index (χ3n) is 3.28. The number of anilines is 1. The summed E-state index contributed by atoms with van der Waals surface area (Å²) in [6, 6.07) is 1.76. The number of aliphatic carboxylic acids is 2. The number of carbonyl (C=O) groups is 3. The van der Waals surface area contributed by atoms with E-state index >= 15 is 0 Å². The predicted molar refractivity (Wildman–Crippen MR) is 103 cm³/mol. The molecule has 0 radical (unpaired) electrons. The molecule has 0 saturated carbocycles. The molecule has 0 bridgehead atoms. The maximum absolute atomic E-state index is 12.3. The van der Waals surface area contributed by atoms with E-state index in [9.17, 15) is 31.1 Å². The fourth-order valence-corrected chi connectivity index (χ4v) is 2.49. The zero-order valence-electron chi connectivity index (χ0n) is 16.7. The topological polar surface area (TPSA) is 173 Å². The summed E-state index contributed by atoms with van der Waals surface area (Å²) in [6.07, 6.45) is -6.76. The Hall–Kier alpha value is -3.96. The first-order chi connectivity index (χ1) is 15.5. The maximum Gasteiger partial charge on any atom is 0.490 e. The number of nitrogens with zero attached hydrogens (tertiary/aromatic N) is 4. The van der Waals surface area contributed by atoms with Gasteiger partial charge in [0.05, 0.1) is 17.9 Å². The number of hydrogen-bond donors (Lipinski definition) is 4. The number of hydrogen-bond acceptors (Lipinski definition) is 8. The van der Waals surface area contributed by atoms with Gasteiger partial charge in [0.15, 0.2) is 5.13 Å². The Morgan fingerprint density at radius 3 is 2.06 bits per heavy atom. The molecular weight excluding hydrogens is 502 g/mol. The average Bonchev–Trinajstić information content (AvgIpc) is 3.27. The van der Waals surface area contributed by atoms with Crippen LogP contribution in [0.2, 0.25) is 0 Å². The molecule has 18 heteroatoms. The molecule has 5 N–H and O–H groups in total. The van der Waals surface area contributed by atoms with Crippen LogP contribution in [-0.4, -0.2) is 59.8 Å². The average molecular weight is 516 g/mol. The molecule has 0 aromatic carbocycles. The number of halogens is 6. The van der Waals surface area contributed by atoms with Crippen molar-refractivity contribution in [2.75, 3.05) is 5.73 Å². The van der Waals surface area contributed by atoms with Gasteiger partial charge in [-0.2, -0.15) is 26.3 Å². The number of carboxylic acid groups (broad SMARTS) is 2. The quantitative estimate of drug-likeness (QED) is 0.381. The van der Waals surface area contributed by atoms with Crippen molar-refractivity contribution in [1.82, 2.24) is 24.7 Å². The molecule has 0 aliphatic rings. The number of alkyl halides is 6. The highest BCUT2D eigenvalue weighted by Crippen LogP contribution is 2.14. The number of imidazole rings is 1. The van der Waals surface area contributed by atoms with E-state index < -0.39 is 24.3 Å². The number of carboxylic acids is 2. The minimum absolute atomic E-state index is 0.213. The van der Waals surface area contributed by atoms with Gasteiger partial charge in [0, 0.05) is 17.8 Å². The van der Waals surface area contributed by atoms with E-state index in [2.05, 4.69) is 20.3 Å². The lowest BCUT2D eigenvalue weighted by atomic mass is 10.3. The molecule has 0 aliphatic carbocycles. The molecule has 0 unspecified atom stereocenters. The zero-order chi connectivity index (χ0) is 26.3. The molecule has 0 saturated heterocycles. The van der Waals surface area contributed by atoms with Crippen LogP contribution in [0.5, 0.6) is 0 Å². The second-order valence-electron chi connectivity index (χ2n) is 5.80. The van der Waals surface area contributed by atoms with E-state index in [-0.39, 0.29) is 5.91 Å². The molecule has 3 rings (SSSR count). The second-order valence-corrected chi connectivity index (χ2v) is 6.69. The van der Waals surface area contributed by atoms with E-state index in [0.717, 1.165) is 5.69 Å². The first kappa shape index (κ1) is 28.1. The van der Waals surface area contributed by atoms with Crippen molar-refractivity contribution in [3.63, 3.8) is 0 Å². The van der Waals surface area contributed by atoms with E-state index in [1.54, 1.807) is 29.8 Å². The Labute approximate surface area is 188 Å². The lowest BCUT2D eigenvalue weighted by molar-refractivity contribution is -0.193. The third-order valence-corrected chi connectivity index (χ3v) is 4.00. The number of nitrogen functional groups attached to an aromatic ring is 1. The minimum Gasteiger partial charge on any atom is -0.475 e. The largest absolute Gasteiger partial charge is 0.490 e. The SMILES string of the molecule is Cc1nc2ncccn2c1C(=O)NCc1csc(N)n1.O=C(O)C(F)(F)F.O=C(O)C(F)(F)F. The van der Waals surface area contributed by atoms with E-state index in [4.69, 9.17) is 25.5 Å². The van der Waals surface area contributed by atoms with Gasteiger partial charge in [0.1, 0.15) is 5.69 Å². The van der Waals surface area contributed by atoms with Crippen molar-refractivity contribution in [2.45, 2.75) is 25.8 Å². The normalized spacial score (nSPS) is 11.0. The van der Waals surface area contributed by atoms with Gasteiger partial charge in [-0.3, -0.25) is 9.20 Å². The molecule has 1 amide bonds. The Morgan fingerprint density at radius 2 is 1.62 bits per heavy atom. The fourth-order valence-electron chi connectivity index (χ4n) is 1.93. The highest BCUT2D eigenvalue weighted by atomic mass is 32.1. The molecule has 0 atom stereocenters. The predicted octanol–water partition coefficient (Wildman–Crippen LogP) is 2.27. The number of carbonyl (C=O) groups excluding carboxylic acids is 1. The van der Waals surface area contributed by atoms with Crippen molar-refractivity contribution < 1.29 is 50.9 Å². The van der Waals surface area contributed by atoms with Gasteiger partial charge in [0.25, 0.3) is 5.91 Å². The van der Waals surface area contributed by atoms with Crippen LogP contribution in [-0.2, 0) is 16.1 Å². The Bertz CT molecular complexity index is 1140. The van der Waals surface area contributed by atoms with Crippen molar-refractivity contribution >= 4 is 40.1 Å². The number of amides is 1. The van der Waals surface area contributed by atoms with E-state index in [1.165, 1.54) is 11.3 Å². The maximum atomic E-state index is 12.3. The summed E-state index contributed by atoms with van der Waals surface area (Å²) in [4.78, 5) is 42.5. The van der Waals surface area contributed by atoms with Crippen molar-refractivity contribution in [3.8, 4) is 0 Å². The zero-order valence-corrected chi connectivity index (χ0v) is 17.5. The van der Waals surface area contributed by atoms with Crippen molar-refractivity contribution in [1.29, 1.82) is 0 Å². The summed E-state index contributed by atoms with van der Waals surface area (Å²) in [5, 5.41) is 19.4. The summed E-state index contributed by atoms with van der Waals surface area (Å²) < 4.78 is 65.1. The second kappa shape index (κ2) is 11.3. The Morgan fingerprint density at radius 1 is 1.09 bits per heavy atom. The van der Waals surface area contributed by atoms with Crippen LogP contribution in [0.1, 0.15) is 21.9 Å². The summed E-state index contributed by atoms with van der Waals surface area (Å²) in [5.41, 5.74) is 7.41. The van der Waals surface area contributed by atoms with Crippen LogP contribution in [0.4, 0.5) is 31.5 Å². The van der Waals surface area contributed by atoms with Crippen LogP contribution >= 0.6 is 11.3 Å². The number of aromatic nitrogens is 4. The molecule has 34 heavy (non-hydrogen) atoms. The molecule has 186 valence electrons. The van der Waals surface area contributed by atoms with Crippen LogP contribution in [0.3, 0.4) is 0 Å². The van der Waals surface area contributed by atoms with E-state index in [0.29, 0.717) is 28.8 Å². The van der Waals surface area contributed by atoms with Gasteiger partial charge in [-0.05, 0) is 13.0 Å². The minimum atomic E-state index is -5.08. The van der Waals surface area contributed by atoms with Gasteiger partial charge in [-0.1, -0.05) is 0 Å². The van der Waals surface area contributed by atoms with Gasteiger partial charge >= 0.3 is 24.3 Å². The molecule has 3 aromatic rings.